The molecule has 0 fully saturated rings. The molecule has 1 heterocycles. The lowest BCUT2D eigenvalue weighted by molar-refractivity contribution is 0.284. The number of benzene rings is 3. The highest BCUT2D eigenvalue weighted by Gasteiger charge is 2.11. The van der Waals surface area contributed by atoms with Gasteiger partial charge in [0.05, 0.1) is 18.0 Å². The molecule has 0 aliphatic rings. The van der Waals surface area contributed by atoms with Gasteiger partial charge in [-0.2, -0.15) is 0 Å². The van der Waals surface area contributed by atoms with E-state index in [4.69, 9.17) is 21.1 Å². The van der Waals surface area contributed by atoms with E-state index in [9.17, 15) is 4.79 Å². The molecule has 4 rings (SSSR count). The highest BCUT2D eigenvalue weighted by atomic mass is 35.5. The van der Waals surface area contributed by atoms with Crippen molar-refractivity contribution in [3.05, 3.63) is 87.7 Å². The van der Waals surface area contributed by atoms with E-state index in [1.807, 2.05) is 48.5 Å². The Morgan fingerprint density at radius 1 is 1.00 bits per heavy atom. The number of halogens is 1. The number of methoxy groups -OCH3 is 1. The molecule has 0 saturated heterocycles. The highest BCUT2D eigenvalue weighted by molar-refractivity contribution is 6.30. The van der Waals surface area contributed by atoms with Crippen LogP contribution >= 0.6 is 11.6 Å². The van der Waals surface area contributed by atoms with Gasteiger partial charge in [0.2, 0.25) is 0 Å². The Balaban J connectivity index is 1.64. The van der Waals surface area contributed by atoms with E-state index in [1.165, 1.54) is 0 Å². The van der Waals surface area contributed by atoms with Crippen molar-refractivity contribution in [2.75, 3.05) is 7.11 Å². The molecule has 140 valence electrons. The fourth-order valence-corrected chi connectivity index (χ4v) is 3.16. The van der Waals surface area contributed by atoms with Gasteiger partial charge in [0.1, 0.15) is 12.4 Å². The van der Waals surface area contributed by atoms with Crippen LogP contribution in [0.1, 0.15) is 5.56 Å². The van der Waals surface area contributed by atoms with Crippen LogP contribution in [0.2, 0.25) is 5.02 Å². The second kappa shape index (κ2) is 7.74. The molecule has 0 radical (unpaired) electrons. The van der Waals surface area contributed by atoms with Crippen molar-refractivity contribution >= 4 is 22.5 Å². The summed E-state index contributed by atoms with van der Waals surface area (Å²) in [6.07, 6.45) is 0. The number of aromatic amines is 1. The minimum Gasteiger partial charge on any atom is -0.493 e. The number of H-pyrrole nitrogens is 1. The van der Waals surface area contributed by atoms with Crippen LogP contribution in [0.5, 0.6) is 11.5 Å². The number of nitrogens with one attached hydrogen (secondary N) is 1. The molecule has 0 saturated carbocycles. The van der Waals surface area contributed by atoms with E-state index >= 15 is 0 Å². The maximum Gasteiger partial charge on any atom is 0.259 e. The van der Waals surface area contributed by atoms with Gasteiger partial charge in [-0.15, -0.1) is 0 Å². The number of fused-ring (bicyclic) bond motifs is 1. The lowest BCUT2D eigenvalue weighted by atomic mass is 10.1. The Labute approximate surface area is 166 Å². The Kier molecular flexibility index (Phi) is 5.00. The van der Waals surface area contributed by atoms with Crippen molar-refractivity contribution in [2.45, 2.75) is 6.61 Å². The van der Waals surface area contributed by atoms with Gasteiger partial charge in [-0.05, 0) is 48.0 Å². The van der Waals surface area contributed by atoms with Crippen LogP contribution in [-0.4, -0.2) is 17.1 Å². The minimum atomic E-state index is -0.180. The van der Waals surface area contributed by atoms with Crippen molar-refractivity contribution in [1.29, 1.82) is 0 Å². The molecule has 28 heavy (non-hydrogen) atoms. The molecule has 0 unspecified atom stereocenters. The molecule has 5 nitrogen and oxygen atoms in total. The average molecular weight is 393 g/mol. The van der Waals surface area contributed by atoms with E-state index < -0.39 is 0 Å². The van der Waals surface area contributed by atoms with Gasteiger partial charge in [0.25, 0.3) is 5.56 Å². The molecule has 0 aliphatic heterocycles. The monoisotopic (exact) mass is 392 g/mol. The van der Waals surface area contributed by atoms with Crippen LogP contribution in [0.15, 0.2) is 71.5 Å². The van der Waals surface area contributed by atoms with Gasteiger partial charge in [-0.1, -0.05) is 35.9 Å². The Hall–Kier alpha value is -3.31. The Bertz CT molecular complexity index is 1200. The largest absolute Gasteiger partial charge is 0.493 e. The second-order valence-corrected chi connectivity index (χ2v) is 6.65. The Morgan fingerprint density at radius 3 is 2.68 bits per heavy atom. The summed E-state index contributed by atoms with van der Waals surface area (Å²) in [5.74, 6) is 1.62. The molecule has 0 atom stereocenters. The predicted octanol–water partition coefficient (Wildman–Crippen LogP) is 4.83. The van der Waals surface area contributed by atoms with E-state index in [-0.39, 0.29) is 5.56 Å². The summed E-state index contributed by atoms with van der Waals surface area (Å²) in [4.78, 5) is 19.7. The first-order valence-corrected chi connectivity index (χ1v) is 9.06. The number of hydrogen-bond donors (Lipinski definition) is 1. The molecule has 0 spiro atoms. The number of ether oxygens (including phenoxy) is 2. The number of para-hydroxylation sites is 1. The maximum absolute atomic E-state index is 12.3. The van der Waals surface area contributed by atoms with E-state index in [1.54, 1.807) is 25.3 Å². The summed E-state index contributed by atoms with van der Waals surface area (Å²) >= 11 is 6.01. The van der Waals surface area contributed by atoms with Crippen LogP contribution in [0, 0.1) is 0 Å². The smallest absolute Gasteiger partial charge is 0.259 e. The summed E-state index contributed by atoms with van der Waals surface area (Å²) in [6, 6.07) is 20.1. The number of nitrogens with zero attached hydrogens (tertiary/aromatic N) is 1. The van der Waals surface area contributed by atoms with Crippen molar-refractivity contribution in [2.24, 2.45) is 0 Å². The topological polar surface area (TPSA) is 64.2 Å². The predicted molar refractivity (Wildman–Crippen MR) is 110 cm³/mol. The van der Waals surface area contributed by atoms with Gasteiger partial charge in [0, 0.05) is 10.6 Å². The van der Waals surface area contributed by atoms with E-state index in [0.717, 1.165) is 11.1 Å². The highest BCUT2D eigenvalue weighted by Crippen LogP contribution is 2.32. The number of rotatable bonds is 5. The molecule has 3 aromatic carbocycles. The first-order valence-electron chi connectivity index (χ1n) is 8.69. The zero-order chi connectivity index (χ0) is 19.5. The van der Waals surface area contributed by atoms with Crippen molar-refractivity contribution < 1.29 is 9.47 Å². The third-order valence-electron chi connectivity index (χ3n) is 4.33. The molecule has 1 N–H and O–H groups in total. The molecule has 1 aromatic heterocycles. The SMILES string of the molecule is COc1cc(-c2nc3ccccc3c(=O)[nH]2)ccc1OCc1cccc(Cl)c1. The lowest BCUT2D eigenvalue weighted by Crippen LogP contribution is -2.09. The molecular weight excluding hydrogens is 376 g/mol. The molecular formula is C22H17ClN2O3. The van der Waals surface area contributed by atoms with Crippen LogP contribution < -0.4 is 15.0 Å². The fraction of sp³-hybridized carbons (Fsp3) is 0.0909. The Morgan fingerprint density at radius 2 is 1.86 bits per heavy atom. The summed E-state index contributed by atoms with van der Waals surface area (Å²) in [7, 11) is 1.57. The van der Waals surface area contributed by atoms with Gasteiger partial charge < -0.3 is 14.5 Å². The number of aromatic nitrogens is 2. The van der Waals surface area contributed by atoms with E-state index in [2.05, 4.69) is 9.97 Å². The third kappa shape index (κ3) is 3.70. The standard InChI is InChI=1S/C22H17ClN2O3/c1-27-20-12-15(21-24-18-8-3-2-7-17(18)22(26)25-21)9-10-19(20)28-13-14-5-4-6-16(23)11-14/h2-12H,13H2,1H3,(H,24,25,26). The minimum absolute atomic E-state index is 0.180. The zero-order valence-corrected chi connectivity index (χ0v) is 15.9. The van der Waals surface area contributed by atoms with E-state index in [0.29, 0.717) is 39.9 Å². The first kappa shape index (κ1) is 18.1. The maximum atomic E-state index is 12.3. The number of hydrogen-bond acceptors (Lipinski definition) is 4. The van der Waals surface area contributed by atoms with Gasteiger partial charge in [-0.25, -0.2) is 4.98 Å². The molecule has 0 aliphatic carbocycles. The summed E-state index contributed by atoms with van der Waals surface area (Å²) in [5.41, 5.74) is 2.15. The first-order chi connectivity index (χ1) is 13.6. The van der Waals surface area contributed by atoms with Crippen molar-refractivity contribution in [1.82, 2.24) is 9.97 Å². The summed E-state index contributed by atoms with van der Waals surface area (Å²) < 4.78 is 11.3. The lowest BCUT2D eigenvalue weighted by Gasteiger charge is -2.12. The van der Waals surface area contributed by atoms with Gasteiger partial charge in [-0.3, -0.25) is 4.79 Å². The third-order valence-corrected chi connectivity index (χ3v) is 4.57. The molecule has 4 aromatic rings. The van der Waals surface area contributed by atoms with Gasteiger partial charge in [0.15, 0.2) is 11.5 Å². The van der Waals surface area contributed by atoms with Crippen molar-refractivity contribution in [3.63, 3.8) is 0 Å². The molecule has 6 heteroatoms. The van der Waals surface area contributed by atoms with Crippen LogP contribution in [-0.2, 0) is 6.61 Å². The quantitative estimate of drug-likeness (QED) is 0.528. The summed E-state index contributed by atoms with van der Waals surface area (Å²) in [5, 5.41) is 1.22. The van der Waals surface area contributed by atoms with Crippen LogP contribution in [0.3, 0.4) is 0 Å². The summed E-state index contributed by atoms with van der Waals surface area (Å²) in [6.45, 7) is 0.362. The molecule has 0 amide bonds. The van der Waals surface area contributed by atoms with Gasteiger partial charge >= 0.3 is 0 Å². The zero-order valence-electron chi connectivity index (χ0n) is 15.1. The van der Waals surface area contributed by atoms with Crippen molar-refractivity contribution in [3.8, 4) is 22.9 Å². The second-order valence-electron chi connectivity index (χ2n) is 6.22. The average Bonchev–Trinajstić information content (AvgIpc) is 2.72. The van der Waals surface area contributed by atoms with Crippen LogP contribution in [0.25, 0.3) is 22.3 Å². The fourth-order valence-electron chi connectivity index (χ4n) is 2.95. The molecule has 0 bridgehead atoms. The normalized spacial score (nSPS) is 10.8. The van der Waals surface area contributed by atoms with Crippen LogP contribution in [0.4, 0.5) is 0 Å².